The molecule has 3 nitrogen and oxygen atoms in total. The van der Waals surface area contributed by atoms with Crippen LogP contribution >= 0.6 is 15.9 Å². The van der Waals surface area contributed by atoms with Gasteiger partial charge in [-0.3, -0.25) is 4.79 Å². The third kappa shape index (κ3) is 2.36. The Morgan fingerprint density at radius 1 is 1.16 bits per heavy atom. The van der Waals surface area contributed by atoms with Crippen molar-refractivity contribution in [2.24, 2.45) is 0 Å². The first-order chi connectivity index (χ1) is 9.25. The molecule has 1 N–H and O–H groups in total. The quantitative estimate of drug-likeness (QED) is 0.922. The number of hydrogen-bond donors (Lipinski definition) is 1. The first kappa shape index (κ1) is 12.2. The van der Waals surface area contributed by atoms with Crippen LogP contribution in [0.25, 0.3) is 0 Å². The molecule has 0 spiro atoms. The summed E-state index contributed by atoms with van der Waals surface area (Å²) in [5.41, 5.74) is 1.66. The third-order valence-corrected chi connectivity index (χ3v) is 3.82. The smallest absolute Gasteiger partial charge is 0.253 e. The van der Waals surface area contributed by atoms with Crippen molar-refractivity contribution in [3.8, 4) is 5.75 Å². The molecule has 1 unspecified atom stereocenters. The number of amides is 1. The Labute approximate surface area is 119 Å². The number of hydrogen-bond acceptors (Lipinski definition) is 2. The molecule has 0 aromatic heterocycles. The molecule has 2 aromatic rings. The van der Waals surface area contributed by atoms with Crippen molar-refractivity contribution in [1.82, 2.24) is 5.32 Å². The molecular weight excluding hydrogens is 306 g/mol. The Morgan fingerprint density at radius 2 is 1.89 bits per heavy atom. The number of carbonyl (C=O) groups is 1. The zero-order chi connectivity index (χ0) is 13.2. The summed E-state index contributed by atoms with van der Waals surface area (Å²) in [5.74, 6) is 0.748. The van der Waals surface area contributed by atoms with E-state index in [0.29, 0.717) is 12.2 Å². The van der Waals surface area contributed by atoms with Gasteiger partial charge in [-0.2, -0.15) is 0 Å². The fraction of sp³-hybridized carbons (Fsp3) is 0.133. The van der Waals surface area contributed by atoms with Crippen molar-refractivity contribution in [2.45, 2.75) is 6.04 Å². The van der Waals surface area contributed by atoms with Gasteiger partial charge in [0.15, 0.2) is 0 Å². The van der Waals surface area contributed by atoms with Crippen LogP contribution in [-0.2, 0) is 0 Å². The van der Waals surface area contributed by atoms with Crippen LogP contribution in [0.15, 0.2) is 53.0 Å². The first-order valence-corrected chi connectivity index (χ1v) is 6.82. The van der Waals surface area contributed by atoms with Crippen molar-refractivity contribution in [1.29, 1.82) is 0 Å². The van der Waals surface area contributed by atoms with Crippen LogP contribution in [0.2, 0.25) is 0 Å². The minimum absolute atomic E-state index is 0.0872. The average Bonchev–Trinajstić information content (AvgIpc) is 2.83. The second-order valence-corrected chi connectivity index (χ2v) is 5.21. The number of nitrogens with one attached hydrogen (secondary N) is 1. The number of benzene rings is 2. The predicted molar refractivity (Wildman–Crippen MR) is 76.3 cm³/mol. The summed E-state index contributed by atoms with van der Waals surface area (Å²) < 4.78 is 6.34. The van der Waals surface area contributed by atoms with Crippen LogP contribution in [0.1, 0.15) is 22.0 Å². The summed E-state index contributed by atoms with van der Waals surface area (Å²) in [5, 5.41) is 3.00. The number of ether oxygens (including phenoxy) is 1. The lowest BCUT2D eigenvalue weighted by Crippen LogP contribution is -2.29. The molecule has 1 aliphatic heterocycles. The van der Waals surface area contributed by atoms with Crippen LogP contribution in [0, 0.1) is 0 Å². The van der Waals surface area contributed by atoms with Crippen molar-refractivity contribution in [3.63, 3.8) is 0 Å². The Morgan fingerprint density at radius 3 is 2.74 bits per heavy atom. The molecule has 0 saturated heterocycles. The zero-order valence-corrected chi connectivity index (χ0v) is 11.7. The van der Waals surface area contributed by atoms with E-state index >= 15 is 0 Å². The average molecular weight is 318 g/mol. The third-order valence-electron chi connectivity index (χ3n) is 3.12. The molecule has 1 heterocycles. The topological polar surface area (TPSA) is 38.3 Å². The van der Waals surface area contributed by atoms with Crippen molar-refractivity contribution < 1.29 is 9.53 Å². The minimum Gasteiger partial charge on any atom is -0.491 e. The van der Waals surface area contributed by atoms with E-state index in [1.165, 1.54) is 0 Å². The van der Waals surface area contributed by atoms with Gasteiger partial charge in [-0.05, 0) is 34.1 Å². The van der Waals surface area contributed by atoms with Gasteiger partial charge in [0.1, 0.15) is 12.4 Å². The van der Waals surface area contributed by atoms with Gasteiger partial charge in [-0.1, -0.05) is 30.3 Å². The van der Waals surface area contributed by atoms with Gasteiger partial charge in [0.05, 0.1) is 11.6 Å². The lowest BCUT2D eigenvalue weighted by atomic mass is 10.1. The molecule has 2 aromatic carbocycles. The Bertz CT molecular complexity index is 627. The predicted octanol–water partition coefficient (Wildman–Crippen LogP) is 3.31. The highest BCUT2D eigenvalue weighted by atomic mass is 79.9. The van der Waals surface area contributed by atoms with E-state index in [1.54, 1.807) is 6.07 Å². The van der Waals surface area contributed by atoms with Gasteiger partial charge in [-0.25, -0.2) is 0 Å². The largest absolute Gasteiger partial charge is 0.491 e. The second kappa shape index (κ2) is 5.05. The van der Waals surface area contributed by atoms with Gasteiger partial charge in [-0.15, -0.1) is 0 Å². The van der Waals surface area contributed by atoms with E-state index in [0.717, 1.165) is 15.8 Å². The van der Waals surface area contributed by atoms with Crippen molar-refractivity contribution in [2.75, 3.05) is 6.61 Å². The number of carbonyl (C=O) groups excluding carboxylic acids is 1. The molecule has 19 heavy (non-hydrogen) atoms. The summed E-state index contributed by atoms with van der Waals surface area (Å²) in [4.78, 5) is 12.2. The van der Waals surface area contributed by atoms with E-state index in [-0.39, 0.29) is 11.9 Å². The van der Waals surface area contributed by atoms with Gasteiger partial charge in [0.25, 0.3) is 5.91 Å². The maximum atomic E-state index is 12.2. The highest BCUT2D eigenvalue weighted by Crippen LogP contribution is 2.32. The minimum atomic E-state index is -0.0993. The molecule has 1 amide bonds. The fourth-order valence-corrected chi connectivity index (χ4v) is 2.63. The van der Waals surface area contributed by atoms with Gasteiger partial charge in [0.2, 0.25) is 0 Å². The summed E-state index contributed by atoms with van der Waals surface area (Å²) in [6, 6.07) is 15.1. The Kier molecular flexibility index (Phi) is 3.25. The molecule has 0 bridgehead atoms. The molecule has 0 radical (unpaired) electrons. The number of para-hydroxylation sites is 1. The maximum absolute atomic E-state index is 12.2. The molecule has 1 aliphatic rings. The second-order valence-electron chi connectivity index (χ2n) is 4.35. The standard InChI is InChI=1S/C15H12BrNO2/c16-12-7-3-1-5-10(12)15(18)17-13-9-19-14-8-4-2-6-11(13)14/h1-8,13H,9H2,(H,17,18). The van der Waals surface area contributed by atoms with Crippen LogP contribution in [0.4, 0.5) is 0 Å². The monoisotopic (exact) mass is 317 g/mol. The van der Waals surface area contributed by atoms with Gasteiger partial charge >= 0.3 is 0 Å². The Balaban J connectivity index is 1.81. The molecular formula is C15H12BrNO2. The van der Waals surface area contributed by atoms with E-state index in [2.05, 4.69) is 21.2 Å². The molecule has 1 atom stereocenters. The van der Waals surface area contributed by atoms with Crippen LogP contribution in [0.5, 0.6) is 5.75 Å². The first-order valence-electron chi connectivity index (χ1n) is 6.03. The van der Waals surface area contributed by atoms with Crippen molar-refractivity contribution in [3.05, 3.63) is 64.1 Å². The van der Waals surface area contributed by atoms with Gasteiger partial charge in [0, 0.05) is 10.0 Å². The van der Waals surface area contributed by atoms with Crippen molar-refractivity contribution >= 4 is 21.8 Å². The lowest BCUT2D eigenvalue weighted by molar-refractivity contribution is 0.0929. The molecule has 0 fully saturated rings. The molecule has 0 saturated carbocycles. The zero-order valence-electron chi connectivity index (χ0n) is 10.1. The highest BCUT2D eigenvalue weighted by Gasteiger charge is 2.25. The van der Waals surface area contributed by atoms with Crippen LogP contribution in [-0.4, -0.2) is 12.5 Å². The molecule has 0 aliphatic carbocycles. The van der Waals surface area contributed by atoms with E-state index in [1.807, 2.05) is 42.5 Å². The van der Waals surface area contributed by atoms with Gasteiger partial charge < -0.3 is 10.1 Å². The number of rotatable bonds is 2. The highest BCUT2D eigenvalue weighted by molar-refractivity contribution is 9.10. The number of halogens is 1. The summed E-state index contributed by atoms with van der Waals surface area (Å²) in [6.07, 6.45) is 0. The summed E-state index contributed by atoms with van der Waals surface area (Å²) in [7, 11) is 0. The molecule has 4 heteroatoms. The van der Waals surface area contributed by atoms with E-state index < -0.39 is 0 Å². The Hall–Kier alpha value is -1.81. The summed E-state index contributed by atoms with van der Waals surface area (Å²) in [6.45, 7) is 0.482. The molecule has 3 rings (SSSR count). The van der Waals surface area contributed by atoms with Crippen LogP contribution in [0.3, 0.4) is 0 Å². The maximum Gasteiger partial charge on any atom is 0.253 e. The lowest BCUT2D eigenvalue weighted by Gasteiger charge is -2.12. The van der Waals surface area contributed by atoms with E-state index in [4.69, 9.17) is 4.74 Å². The SMILES string of the molecule is O=C(NC1COc2ccccc21)c1ccccc1Br. The fourth-order valence-electron chi connectivity index (χ4n) is 2.16. The molecule has 96 valence electrons. The number of fused-ring (bicyclic) bond motifs is 1. The van der Waals surface area contributed by atoms with Crippen LogP contribution < -0.4 is 10.1 Å². The normalized spacial score (nSPS) is 16.6. The van der Waals surface area contributed by atoms with E-state index in [9.17, 15) is 4.79 Å². The summed E-state index contributed by atoms with van der Waals surface area (Å²) >= 11 is 3.39.